The number of unbranched alkanes of at least 4 members (excludes halogenated alkanes) is 10. The van der Waals surface area contributed by atoms with Crippen LogP contribution in [0.15, 0.2) is 66.7 Å². The number of rotatable bonds is 13. The van der Waals surface area contributed by atoms with Crippen molar-refractivity contribution in [1.82, 2.24) is 0 Å². The van der Waals surface area contributed by atoms with E-state index in [0.29, 0.717) is 0 Å². The van der Waals surface area contributed by atoms with Crippen LogP contribution in [-0.4, -0.2) is 29.6 Å². The van der Waals surface area contributed by atoms with Crippen molar-refractivity contribution in [2.24, 2.45) is 0 Å². The van der Waals surface area contributed by atoms with E-state index in [-0.39, 0.29) is 29.6 Å². The van der Waals surface area contributed by atoms with E-state index in [1.54, 1.807) is 0 Å². The summed E-state index contributed by atoms with van der Waals surface area (Å²) in [5.74, 6) is 0. The second-order valence-corrected chi connectivity index (χ2v) is 7.32. The van der Waals surface area contributed by atoms with Crippen LogP contribution in [0.5, 0.6) is 0 Å². The van der Waals surface area contributed by atoms with Gasteiger partial charge in [-0.15, -0.1) is 0 Å². The van der Waals surface area contributed by atoms with Gasteiger partial charge in [-0.2, -0.15) is 0 Å². The Kier molecular flexibility index (Phi) is 14.5. The van der Waals surface area contributed by atoms with E-state index >= 15 is 0 Å². The van der Waals surface area contributed by atoms with Gasteiger partial charge in [-0.3, -0.25) is 0 Å². The first kappa shape index (κ1) is 24.2. The van der Waals surface area contributed by atoms with E-state index in [1.807, 2.05) is 0 Å². The van der Waals surface area contributed by atoms with Crippen molar-refractivity contribution in [3.05, 3.63) is 77.9 Å². The summed E-state index contributed by atoms with van der Waals surface area (Å²) in [5, 5.41) is 0. The molecule has 0 radical (unpaired) electrons. The van der Waals surface area contributed by atoms with Crippen molar-refractivity contribution in [2.45, 2.75) is 77.6 Å². The minimum absolute atomic E-state index is 0. The summed E-state index contributed by atoms with van der Waals surface area (Å²) in [6, 6.07) is 21.6. The van der Waals surface area contributed by atoms with Crippen molar-refractivity contribution >= 4 is 35.1 Å². The molecule has 0 fully saturated rings. The predicted molar refractivity (Wildman–Crippen MR) is 124 cm³/mol. The number of benzene rings is 2. The number of allylic oxidation sites excluding steroid dienone is 1. The summed E-state index contributed by atoms with van der Waals surface area (Å²) >= 11 is 0. The van der Waals surface area contributed by atoms with E-state index in [2.05, 4.69) is 73.7 Å². The van der Waals surface area contributed by atoms with Crippen LogP contribution >= 0.6 is 0 Å². The fourth-order valence-corrected chi connectivity index (χ4v) is 3.52. The van der Waals surface area contributed by atoms with Crippen LogP contribution in [0.3, 0.4) is 0 Å². The molecule has 0 aliphatic heterocycles. The van der Waals surface area contributed by atoms with Crippen LogP contribution in [0.25, 0.3) is 5.57 Å². The first-order valence-corrected chi connectivity index (χ1v) is 10.7. The van der Waals surface area contributed by atoms with Gasteiger partial charge in [-0.25, -0.2) is 0 Å². The summed E-state index contributed by atoms with van der Waals surface area (Å²) in [4.78, 5) is 0. The second-order valence-electron chi connectivity index (χ2n) is 7.32. The molecule has 0 aliphatic rings. The Hall–Kier alpha value is -0.820. The van der Waals surface area contributed by atoms with Gasteiger partial charge < -0.3 is 0 Å². The molecule has 0 bridgehead atoms. The molecule has 1 heteroatoms. The maximum absolute atomic E-state index is 2.44. The Morgan fingerprint density at radius 2 is 1.00 bits per heavy atom. The molecule has 27 heavy (non-hydrogen) atoms. The Morgan fingerprint density at radius 1 is 0.593 bits per heavy atom. The third-order valence-electron chi connectivity index (χ3n) is 5.08. The van der Waals surface area contributed by atoms with E-state index in [4.69, 9.17) is 0 Å². The van der Waals surface area contributed by atoms with Crippen LogP contribution < -0.4 is 0 Å². The van der Waals surface area contributed by atoms with E-state index < -0.39 is 0 Å². The molecule has 0 N–H and O–H groups in total. The third kappa shape index (κ3) is 10.3. The zero-order chi connectivity index (χ0) is 18.3. The SMILES string of the molecule is CCCCCCCCCCCCC=C(c1ccccc1)c1ccccc1.[NaH]. The van der Waals surface area contributed by atoms with Gasteiger partial charge in [-0.05, 0) is 29.5 Å². The molecule has 2 rings (SSSR count). The molecular formula is C26H37Na. The van der Waals surface area contributed by atoms with Crippen molar-refractivity contribution in [3.8, 4) is 0 Å². The Labute approximate surface area is 189 Å². The normalized spacial score (nSPS) is 10.3. The summed E-state index contributed by atoms with van der Waals surface area (Å²) in [7, 11) is 0. The molecule has 0 aromatic heterocycles. The summed E-state index contributed by atoms with van der Waals surface area (Å²) in [6.07, 6.45) is 17.6. The van der Waals surface area contributed by atoms with Gasteiger partial charge in [0.2, 0.25) is 0 Å². The molecular weight excluding hydrogens is 335 g/mol. The molecule has 0 saturated carbocycles. The fourth-order valence-electron chi connectivity index (χ4n) is 3.52. The summed E-state index contributed by atoms with van der Waals surface area (Å²) in [5.41, 5.74) is 4.03. The molecule has 0 spiro atoms. The molecule has 0 amide bonds. The molecule has 2 aromatic rings. The molecule has 0 heterocycles. The van der Waals surface area contributed by atoms with Crippen molar-refractivity contribution < 1.29 is 0 Å². The monoisotopic (exact) mass is 372 g/mol. The number of hydrogen-bond donors (Lipinski definition) is 0. The summed E-state index contributed by atoms with van der Waals surface area (Å²) in [6.45, 7) is 2.29. The number of hydrogen-bond acceptors (Lipinski definition) is 0. The molecule has 0 aliphatic carbocycles. The Morgan fingerprint density at radius 3 is 1.44 bits per heavy atom. The zero-order valence-corrected chi connectivity index (χ0v) is 16.6. The van der Waals surface area contributed by atoms with Gasteiger partial charge in [0.15, 0.2) is 0 Å². The molecule has 0 saturated heterocycles. The predicted octanol–water partition coefficient (Wildman–Crippen LogP) is 7.78. The van der Waals surface area contributed by atoms with Gasteiger partial charge in [0, 0.05) is 0 Å². The average molecular weight is 373 g/mol. The molecule has 0 atom stereocenters. The van der Waals surface area contributed by atoms with Gasteiger partial charge in [0.25, 0.3) is 0 Å². The first-order valence-electron chi connectivity index (χ1n) is 10.7. The van der Waals surface area contributed by atoms with Crippen LogP contribution in [0, 0.1) is 0 Å². The van der Waals surface area contributed by atoms with E-state index in [1.165, 1.54) is 87.3 Å². The van der Waals surface area contributed by atoms with Gasteiger partial charge >= 0.3 is 29.6 Å². The van der Waals surface area contributed by atoms with Crippen molar-refractivity contribution in [1.29, 1.82) is 0 Å². The van der Waals surface area contributed by atoms with Crippen LogP contribution in [-0.2, 0) is 0 Å². The van der Waals surface area contributed by atoms with E-state index in [0.717, 1.165) is 0 Å². The third-order valence-corrected chi connectivity index (χ3v) is 5.08. The Balaban J connectivity index is 0.00000364. The van der Waals surface area contributed by atoms with Crippen LogP contribution in [0.1, 0.15) is 88.7 Å². The quantitative estimate of drug-likeness (QED) is 0.249. The Bertz CT molecular complexity index is 559. The molecule has 2 aromatic carbocycles. The maximum atomic E-state index is 2.44. The van der Waals surface area contributed by atoms with Gasteiger partial charge in [-0.1, -0.05) is 131 Å². The van der Waals surface area contributed by atoms with E-state index in [9.17, 15) is 0 Å². The standard InChI is InChI=1S/C26H36.Na.H/c1-2-3-4-5-6-7-8-9-10-11-18-23-26(24-19-14-12-15-20-24)25-21-16-13-17-22-25;;/h12-17,19-23H,2-11,18H2,1H3;;. The van der Waals surface area contributed by atoms with Crippen molar-refractivity contribution in [2.75, 3.05) is 0 Å². The zero-order valence-electron chi connectivity index (χ0n) is 16.6. The van der Waals surface area contributed by atoms with Crippen molar-refractivity contribution in [3.63, 3.8) is 0 Å². The summed E-state index contributed by atoms with van der Waals surface area (Å²) < 4.78 is 0. The van der Waals surface area contributed by atoms with Crippen LogP contribution in [0.2, 0.25) is 0 Å². The molecule has 142 valence electrons. The van der Waals surface area contributed by atoms with Gasteiger partial charge in [0.1, 0.15) is 0 Å². The average Bonchev–Trinajstić information content (AvgIpc) is 2.70. The fraction of sp³-hybridized carbons (Fsp3) is 0.462. The molecule has 0 nitrogen and oxygen atoms in total. The molecule has 0 unspecified atom stereocenters. The minimum atomic E-state index is 0. The van der Waals surface area contributed by atoms with Crippen LogP contribution in [0.4, 0.5) is 0 Å². The van der Waals surface area contributed by atoms with Gasteiger partial charge in [0.05, 0.1) is 0 Å². The topological polar surface area (TPSA) is 0 Å². The first-order chi connectivity index (χ1) is 12.9. The second kappa shape index (κ2) is 16.2.